The number of nitrogens with zero attached hydrogens (tertiary/aromatic N) is 2. The number of rotatable bonds is 3. The van der Waals surface area contributed by atoms with Crippen LogP contribution >= 0.6 is 0 Å². The molecule has 0 atom stereocenters. The van der Waals surface area contributed by atoms with Gasteiger partial charge in [-0.15, -0.1) is 0 Å². The predicted octanol–water partition coefficient (Wildman–Crippen LogP) is 3.68. The standard InChI is InChI=1S/C21H21N3O2/c1-15-8-10-24(11-9-15)21(26)18-6-3-5-17(13-18)20(25)23-19-7-2-4-16(12-19)14-22/h2-7,12-13,15H,8-11H2,1H3,(H,23,25). The Balaban J connectivity index is 1.73. The number of carbonyl (C=O) groups is 2. The topological polar surface area (TPSA) is 73.2 Å². The van der Waals surface area contributed by atoms with Crippen LogP contribution in [0.2, 0.25) is 0 Å². The van der Waals surface area contributed by atoms with Crippen molar-refractivity contribution in [2.45, 2.75) is 19.8 Å². The average molecular weight is 347 g/mol. The van der Waals surface area contributed by atoms with Gasteiger partial charge in [-0.05, 0) is 55.2 Å². The number of nitriles is 1. The van der Waals surface area contributed by atoms with E-state index in [1.807, 2.05) is 11.0 Å². The number of nitrogens with one attached hydrogen (secondary N) is 1. The minimum atomic E-state index is -0.304. The Morgan fingerprint density at radius 2 is 1.77 bits per heavy atom. The van der Waals surface area contributed by atoms with Crippen LogP contribution in [0.5, 0.6) is 0 Å². The quantitative estimate of drug-likeness (QED) is 0.920. The van der Waals surface area contributed by atoms with Crippen LogP contribution < -0.4 is 5.32 Å². The predicted molar refractivity (Wildman–Crippen MR) is 99.9 cm³/mol. The second kappa shape index (κ2) is 7.83. The Labute approximate surface area is 153 Å². The van der Waals surface area contributed by atoms with E-state index >= 15 is 0 Å². The minimum Gasteiger partial charge on any atom is -0.339 e. The number of anilines is 1. The van der Waals surface area contributed by atoms with Crippen molar-refractivity contribution in [1.82, 2.24) is 4.90 Å². The van der Waals surface area contributed by atoms with Gasteiger partial charge in [0.2, 0.25) is 0 Å². The Bertz CT molecular complexity index is 862. The van der Waals surface area contributed by atoms with E-state index in [4.69, 9.17) is 5.26 Å². The number of carbonyl (C=O) groups excluding carboxylic acids is 2. The first kappa shape index (κ1) is 17.7. The Hall–Kier alpha value is -3.13. The highest BCUT2D eigenvalue weighted by atomic mass is 16.2. The molecule has 1 aliphatic heterocycles. The third-order valence-corrected chi connectivity index (χ3v) is 4.69. The van der Waals surface area contributed by atoms with Gasteiger partial charge in [-0.25, -0.2) is 0 Å². The molecule has 0 bridgehead atoms. The van der Waals surface area contributed by atoms with Gasteiger partial charge in [-0.3, -0.25) is 9.59 Å². The summed E-state index contributed by atoms with van der Waals surface area (Å²) in [5.74, 6) is 0.320. The molecule has 5 nitrogen and oxygen atoms in total. The molecule has 0 saturated carbocycles. The molecule has 26 heavy (non-hydrogen) atoms. The first-order chi connectivity index (χ1) is 12.6. The van der Waals surface area contributed by atoms with Crippen LogP contribution in [0.1, 0.15) is 46.0 Å². The summed E-state index contributed by atoms with van der Waals surface area (Å²) in [7, 11) is 0. The highest BCUT2D eigenvalue weighted by Gasteiger charge is 2.22. The van der Waals surface area contributed by atoms with Crippen molar-refractivity contribution in [3.63, 3.8) is 0 Å². The molecule has 5 heteroatoms. The Kier molecular flexibility index (Phi) is 5.33. The van der Waals surface area contributed by atoms with Crippen molar-refractivity contribution >= 4 is 17.5 Å². The van der Waals surface area contributed by atoms with Crippen molar-refractivity contribution in [1.29, 1.82) is 5.26 Å². The number of benzene rings is 2. The molecule has 2 aromatic carbocycles. The van der Waals surface area contributed by atoms with Gasteiger partial charge in [-0.1, -0.05) is 19.1 Å². The molecule has 2 aromatic rings. The first-order valence-electron chi connectivity index (χ1n) is 8.77. The van der Waals surface area contributed by atoms with Crippen molar-refractivity contribution in [2.24, 2.45) is 5.92 Å². The zero-order valence-electron chi connectivity index (χ0n) is 14.7. The van der Waals surface area contributed by atoms with E-state index < -0.39 is 0 Å². The summed E-state index contributed by atoms with van der Waals surface area (Å²) in [4.78, 5) is 27.0. The molecule has 1 N–H and O–H groups in total. The molecule has 0 radical (unpaired) electrons. The molecular weight excluding hydrogens is 326 g/mol. The van der Waals surface area contributed by atoms with Gasteiger partial charge in [0.05, 0.1) is 11.6 Å². The van der Waals surface area contributed by atoms with Crippen LogP contribution in [0.4, 0.5) is 5.69 Å². The van der Waals surface area contributed by atoms with Gasteiger partial charge in [0, 0.05) is 29.9 Å². The summed E-state index contributed by atoms with van der Waals surface area (Å²) in [6.07, 6.45) is 2.03. The maximum Gasteiger partial charge on any atom is 0.255 e. The van der Waals surface area contributed by atoms with E-state index in [9.17, 15) is 9.59 Å². The number of amides is 2. The number of hydrogen-bond acceptors (Lipinski definition) is 3. The van der Waals surface area contributed by atoms with Gasteiger partial charge < -0.3 is 10.2 Å². The monoisotopic (exact) mass is 347 g/mol. The van der Waals surface area contributed by atoms with Crippen molar-refractivity contribution < 1.29 is 9.59 Å². The fraction of sp³-hybridized carbons (Fsp3) is 0.286. The fourth-order valence-corrected chi connectivity index (χ4v) is 3.06. The normalized spacial score (nSPS) is 14.5. The smallest absolute Gasteiger partial charge is 0.255 e. The van der Waals surface area contributed by atoms with E-state index in [1.54, 1.807) is 48.5 Å². The SMILES string of the molecule is CC1CCN(C(=O)c2cccc(C(=O)Nc3cccc(C#N)c3)c2)CC1. The van der Waals surface area contributed by atoms with Crippen LogP contribution in [-0.2, 0) is 0 Å². The first-order valence-corrected chi connectivity index (χ1v) is 8.77. The van der Waals surface area contributed by atoms with Crippen LogP contribution in [0, 0.1) is 17.2 Å². The molecule has 1 fully saturated rings. The fourth-order valence-electron chi connectivity index (χ4n) is 3.06. The van der Waals surface area contributed by atoms with E-state index in [0.717, 1.165) is 25.9 Å². The number of hydrogen-bond donors (Lipinski definition) is 1. The number of piperidine rings is 1. The molecular formula is C21H21N3O2. The van der Waals surface area contributed by atoms with Gasteiger partial charge in [-0.2, -0.15) is 5.26 Å². The largest absolute Gasteiger partial charge is 0.339 e. The minimum absolute atomic E-state index is 0.0296. The van der Waals surface area contributed by atoms with Crippen molar-refractivity contribution in [3.8, 4) is 6.07 Å². The van der Waals surface area contributed by atoms with E-state index in [0.29, 0.717) is 28.3 Å². The van der Waals surface area contributed by atoms with E-state index in [2.05, 4.69) is 12.2 Å². The lowest BCUT2D eigenvalue weighted by Crippen LogP contribution is -2.38. The summed E-state index contributed by atoms with van der Waals surface area (Å²) in [5.41, 5.74) is 1.98. The van der Waals surface area contributed by atoms with Crippen LogP contribution in [0.3, 0.4) is 0 Å². The third-order valence-electron chi connectivity index (χ3n) is 4.69. The van der Waals surface area contributed by atoms with Crippen LogP contribution in [-0.4, -0.2) is 29.8 Å². The van der Waals surface area contributed by atoms with E-state index in [-0.39, 0.29) is 11.8 Å². The zero-order valence-corrected chi connectivity index (χ0v) is 14.7. The average Bonchev–Trinajstić information content (AvgIpc) is 2.68. The second-order valence-corrected chi connectivity index (χ2v) is 6.70. The molecule has 0 aliphatic carbocycles. The lowest BCUT2D eigenvalue weighted by atomic mass is 9.98. The zero-order chi connectivity index (χ0) is 18.5. The molecule has 0 spiro atoms. The number of likely N-dealkylation sites (tertiary alicyclic amines) is 1. The molecule has 1 heterocycles. The summed E-state index contributed by atoms with van der Waals surface area (Å²) in [5, 5.41) is 11.7. The van der Waals surface area contributed by atoms with Gasteiger partial charge in [0.1, 0.15) is 0 Å². The van der Waals surface area contributed by atoms with Crippen molar-refractivity contribution in [3.05, 3.63) is 65.2 Å². The van der Waals surface area contributed by atoms with Crippen LogP contribution in [0.25, 0.3) is 0 Å². The van der Waals surface area contributed by atoms with Gasteiger partial charge >= 0.3 is 0 Å². The summed E-state index contributed by atoms with van der Waals surface area (Å²) in [6.45, 7) is 3.73. The molecule has 1 aliphatic rings. The molecule has 3 rings (SSSR count). The Morgan fingerprint density at radius 3 is 2.50 bits per heavy atom. The second-order valence-electron chi connectivity index (χ2n) is 6.70. The Morgan fingerprint density at radius 1 is 1.08 bits per heavy atom. The lowest BCUT2D eigenvalue weighted by Gasteiger charge is -2.30. The molecule has 0 unspecified atom stereocenters. The summed E-state index contributed by atoms with van der Waals surface area (Å²) >= 11 is 0. The van der Waals surface area contributed by atoms with E-state index in [1.165, 1.54) is 0 Å². The van der Waals surface area contributed by atoms with Crippen LogP contribution in [0.15, 0.2) is 48.5 Å². The van der Waals surface area contributed by atoms with Crippen molar-refractivity contribution in [2.75, 3.05) is 18.4 Å². The summed E-state index contributed by atoms with van der Waals surface area (Å²) in [6, 6.07) is 15.5. The third kappa shape index (κ3) is 4.09. The highest BCUT2D eigenvalue weighted by Crippen LogP contribution is 2.19. The maximum absolute atomic E-state index is 12.7. The molecule has 132 valence electrons. The molecule has 0 aromatic heterocycles. The van der Waals surface area contributed by atoms with Gasteiger partial charge in [0.25, 0.3) is 11.8 Å². The summed E-state index contributed by atoms with van der Waals surface area (Å²) < 4.78 is 0. The molecule has 2 amide bonds. The molecule has 1 saturated heterocycles. The lowest BCUT2D eigenvalue weighted by molar-refractivity contribution is 0.0697. The highest BCUT2D eigenvalue weighted by molar-refractivity contribution is 6.06. The van der Waals surface area contributed by atoms with Gasteiger partial charge in [0.15, 0.2) is 0 Å². The maximum atomic E-state index is 12.7.